The van der Waals surface area contributed by atoms with Crippen LogP contribution in [0.2, 0.25) is 0 Å². The maximum atomic E-state index is 13.4. The zero-order valence-electron chi connectivity index (χ0n) is 15.4. The smallest absolute Gasteiger partial charge is 0.222 e. The Bertz CT molecular complexity index is 711. The first-order valence-corrected chi connectivity index (χ1v) is 9.45. The van der Waals surface area contributed by atoms with Crippen LogP contribution >= 0.6 is 0 Å². The van der Waals surface area contributed by atoms with E-state index in [9.17, 15) is 9.18 Å². The number of aryl methyl sites for hydroxylation is 1. The van der Waals surface area contributed by atoms with Crippen LogP contribution in [0.15, 0.2) is 54.6 Å². The number of halogens is 1. The molecule has 0 saturated carbocycles. The van der Waals surface area contributed by atoms with Gasteiger partial charge in [-0.1, -0.05) is 42.5 Å². The highest BCUT2D eigenvalue weighted by molar-refractivity contribution is 5.76. The van der Waals surface area contributed by atoms with E-state index in [1.807, 2.05) is 29.2 Å². The van der Waals surface area contributed by atoms with Crippen LogP contribution in [0.4, 0.5) is 4.39 Å². The Hall–Kier alpha value is -2.20. The number of hydrogen-bond acceptors (Lipinski definition) is 2. The highest BCUT2D eigenvalue weighted by atomic mass is 19.1. The van der Waals surface area contributed by atoms with E-state index in [-0.39, 0.29) is 17.8 Å². The summed E-state index contributed by atoms with van der Waals surface area (Å²) in [5.74, 6) is 0.0561. The van der Waals surface area contributed by atoms with Crippen molar-refractivity contribution >= 4 is 5.91 Å². The van der Waals surface area contributed by atoms with E-state index in [4.69, 9.17) is 0 Å². The van der Waals surface area contributed by atoms with Gasteiger partial charge in [0.25, 0.3) is 0 Å². The summed E-state index contributed by atoms with van der Waals surface area (Å²) in [6, 6.07) is 17.3. The van der Waals surface area contributed by atoms with Crippen molar-refractivity contribution in [2.45, 2.75) is 32.2 Å². The van der Waals surface area contributed by atoms with Crippen LogP contribution in [-0.2, 0) is 11.2 Å². The first-order valence-electron chi connectivity index (χ1n) is 9.45. The molecule has 1 atom stereocenters. The Kier molecular flexibility index (Phi) is 6.40. The van der Waals surface area contributed by atoms with Crippen molar-refractivity contribution in [3.63, 3.8) is 0 Å². The Balaban J connectivity index is 1.43. The minimum Gasteiger partial charge on any atom is -0.340 e. The highest BCUT2D eigenvalue weighted by Crippen LogP contribution is 2.22. The van der Waals surface area contributed by atoms with Gasteiger partial charge in [-0.2, -0.15) is 0 Å². The van der Waals surface area contributed by atoms with E-state index in [0.717, 1.165) is 44.6 Å². The van der Waals surface area contributed by atoms with Crippen molar-refractivity contribution in [1.82, 2.24) is 9.80 Å². The molecule has 1 fully saturated rings. The summed E-state index contributed by atoms with van der Waals surface area (Å²) in [7, 11) is 0. The topological polar surface area (TPSA) is 23.6 Å². The van der Waals surface area contributed by atoms with Crippen molar-refractivity contribution in [3.8, 4) is 0 Å². The third kappa shape index (κ3) is 4.92. The molecule has 26 heavy (non-hydrogen) atoms. The molecule has 1 aliphatic rings. The SMILES string of the molecule is CC(c1cccc(F)c1)N1CCN(C(=O)CCCc2ccccc2)CC1. The van der Waals surface area contributed by atoms with Crippen molar-refractivity contribution in [2.24, 2.45) is 0 Å². The quantitative estimate of drug-likeness (QED) is 0.781. The molecule has 1 saturated heterocycles. The third-order valence-electron chi connectivity index (χ3n) is 5.24. The van der Waals surface area contributed by atoms with Gasteiger partial charge in [0.15, 0.2) is 0 Å². The molecule has 0 aliphatic carbocycles. The fourth-order valence-corrected chi connectivity index (χ4v) is 3.58. The Morgan fingerprint density at radius 3 is 2.46 bits per heavy atom. The van der Waals surface area contributed by atoms with E-state index < -0.39 is 0 Å². The predicted molar refractivity (Wildman–Crippen MR) is 102 cm³/mol. The van der Waals surface area contributed by atoms with Gasteiger partial charge in [-0.05, 0) is 43.0 Å². The standard InChI is InChI=1S/C22H27FN2O/c1-18(20-10-6-11-21(23)17-20)24-13-15-25(16-14-24)22(26)12-5-9-19-7-3-2-4-8-19/h2-4,6-8,10-11,17-18H,5,9,12-16H2,1H3. The lowest BCUT2D eigenvalue weighted by Gasteiger charge is -2.38. The van der Waals surface area contributed by atoms with Gasteiger partial charge in [0, 0.05) is 38.6 Å². The lowest BCUT2D eigenvalue weighted by Crippen LogP contribution is -2.49. The minimum atomic E-state index is -0.193. The summed E-state index contributed by atoms with van der Waals surface area (Å²) in [5, 5.41) is 0. The van der Waals surface area contributed by atoms with Crippen LogP contribution < -0.4 is 0 Å². The second-order valence-corrected chi connectivity index (χ2v) is 6.99. The molecule has 0 N–H and O–H groups in total. The number of hydrogen-bond donors (Lipinski definition) is 0. The van der Waals surface area contributed by atoms with Gasteiger partial charge in [-0.3, -0.25) is 9.69 Å². The monoisotopic (exact) mass is 354 g/mol. The van der Waals surface area contributed by atoms with Crippen molar-refractivity contribution in [3.05, 3.63) is 71.5 Å². The van der Waals surface area contributed by atoms with E-state index in [2.05, 4.69) is 24.0 Å². The Morgan fingerprint density at radius 2 is 1.77 bits per heavy atom. The first kappa shape index (κ1) is 18.6. The van der Waals surface area contributed by atoms with E-state index in [1.165, 1.54) is 11.6 Å². The number of benzene rings is 2. The van der Waals surface area contributed by atoms with Crippen molar-refractivity contribution in [2.75, 3.05) is 26.2 Å². The molecular formula is C22H27FN2O. The van der Waals surface area contributed by atoms with Crippen LogP contribution in [0.1, 0.15) is 36.9 Å². The molecule has 1 aliphatic heterocycles. The summed E-state index contributed by atoms with van der Waals surface area (Å²) in [6.07, 6.45) is 2.44. The molecule has 0 aromatic heterocycles. The second kappa shape index (κ2) is 8.95. The average molecular weight is 354 g/mol. The molecule has 4 heteroatoms. The van der Waals surface area contributed by atoms with Gasteiger partial charge in [0.05, 0.1) is 0 Å². The molecule has 0 bridgehead atoms. The fraction of sp³-hybridized carbons (Fsp3) is 0.409. The van der Waals surface area contributed by atoms with Crippen molar-refractivity contribution in [1.29, 1.82) is 0 Å². The van der Waals surface area contributed by atoms with E-state index >= 15 is 0 Å². The molecule has 0 spiro atoms. The minimum absolute atomic E-state index is 0.168. The van der Waals surface area contributed by atoms with Gasteiger partial charge in [0.2, 0.25) is 5.91 Å². The van der Waals surface area contributed by atoms with Crippen molar-refractivity contribution < 1.29 is 9.18 Å². The van der Waals surface area contributed by atoms with Crippen LogP contribution in [0.3, 0.4) is 0 Å². The first-order chi connectivity index (χ1) is 12.6. The molecule has 3 nitrogen and oxygen atoms in total. The number of carbonyl (C=O) groups is 1. The van der Waals surface area contributed by atoms with Gasteiger partial charge < -0.3 is 4.90 Å². The molecular weight excluding hydrogens is 327 g/mol. The number of carbonyl (C=O) groups excluding carboxylic acids is 1. The maximum absolute atomic E-state index is 13.4. The molecule has 2 aromatic rings. The summed E-state index contributed by atoms with van der Waals surface area (Å²) < 4.78 is 13.4. The lowest BCUT2D eigenvalue weighted by atomic mass is 10.1. The zero-order chi connectivity index (χ0) is 18.4. The summed E-state index contributed by atoms with van der Waals surface area (Å²) >= 11 is 0. The molecule has 3 rings (SSSR count). The summed E-state index contributed by atoms with van der Waals surface area (Å²) in [6.45, 7) is 5.28. The molecule has 138 valence electrons. The number of rotatable bonds is 6. The molecule has 1 amide bonds. The fourth-order valence-electron chi connectivity index (χ4n) is 3.58. The Labute approximate surface area is 155 Å². The number of nitrogens with zero attached hydrogens (tertiary/aromatic N) is 2. The average Bonchev–Trinajstić information content (AvgIpc) is 2.68. The lowest BCUT2D eigenvalue weighted by molar-refractivity contribution is -0.133. The molecule has 0 radical (unpaired) electrons. The van der Waals surface area contributed by atoms with Crippen LogP contribution in [0, 0.1) is 5.82 Å². The Morgan fingerprint density at radius 1 is 1.04 bits per heavy atom. The molecule has 1 heterocycles. The zero-order valence-corrected chi connectivity index (χ0v) is 15.4. The second-order valence-electron chi connectivity index (χ2n) is 6.99. The van der Waals surface area contributed by atoms with Gasteiger partial charge >= 0.3 is 0 Å². The van der Waals surface area contributed by atoms with E-state index in [1.54, 1.807) is 12.1 Å². The normalized spacial score (nSPS) is 16.5. The summed E-state index contributed by atoms with van der Waals surface area (Å²) in [5.41, 5.74) is 2.28. The number of amides is 1. The van der Waals surface area contributed by atoms with Crippen LogP contribution in [0.25, 0.3) is 0 Å². The largest absolute Gasteiger partial charge is 0.340 e. The van der Waals surface area contributed by atoms with Gasteiger partial charge in [0.1, 0.15) is 5.82 Å². The predicted octanol–water partition coefficient (Wildman–Crippen LogP) is 4.05. The number of piperazine rings is 1. The van der Waals surface area contributed by atoms with Crippen LogP contribution in [0.5, 0.6) is 0 Å². The van der Waals surface area contributed by atoms with Gasteiger partial charge in [-0.15, -0.1) is 0 Å². The molecule has 2 aromatic carbocycles. The van der Waals surface area contributed by atoms with Gasteiger partial charge in [-0.25, -0.2) is 4.39 Å². The van der Waals surface area contributed by atoms with E-state index in [0.29, 0.717) is 6.42 Å². The summed E-state index contributed by atoms with van der Waals surface area (Å²) in [4.78, 5) is 16.7. The molecule has 1 unspecified atom stereocenters. The van der Waals surface area contributed by atoms with Crippen LogP contribution in [-0.4, -0.2) is 41.9 Å². The maximum Gasteiger partial charge on any atom is 0.222 e. The third-order valence-corrected chi connectivity index (χ3v) is 5.24. The highest BCUT2D eigenvalue weighted by Gasteiger charge is 2.24.